The summed E-state index contributed by atoms with van der Waals surface area (Å²) in [6.07, 6.45) is 1.84. The van der Waals surface area contributed by atoms with E-state index in [-0.39, 0.29) is 23.3 Å². The number of H-pyrrole nitrogens is 1. The van der Waals surface area contributed by atoms with Crippen LogP contribution in [0.2, 0.25) is 0 Å². The maximum atomic E-state index is 12.1. The predicted octanol–water partition coefficient (Wildman–Crippen LogP) is 2.39. The minimum Gasteiger partial charge on any atom is -0.348 e. The molecule has 0 radical (unpaired) electrons. The van der Waals surface area contributed by atoms with Crippen molar-refractivity contribution in [2.75, 3.05) is 0 Å². The fraction of sp³-hybridized carbons (Fsp3) is 0.385. The molecule has 0 saturated carbocycles. The van der Waals surface area contributed by atoms with Crippen molar-refractivity contribution in [1.29, 1.82) is 0 Å². The topological polar surface area (TPSA) is 101 Å². The van der Waals surface area contributed by atoms with Crippen LogP contribution in [0.4, 0.5) is 5.69 Å². The Morgan fingerprint density at radius 1 is 1.55 bits per heavy atom. The number of aromatic amines is 1. The number of aromatic nitrogens is 2. The first-order chi connectivity index (χ1) is 9.52. The fourth-order valence-electron chi connectivity index (χ4n) is 2.09. The highest BCUT2D eigenvalue weighted by Crippen LogP contribution is 2.22. The Kier molecular flexibility index (Phi) is 3.97. The third kappa shape index (κ3) is 2.76. The third-order valence-electron chi connectivity index (χ3n) is 3.07. The van der Waals surface area contributed by atoms with Crippen LogP contribution in [0, 0.1) is 10.1 Å². The maximum Gasteiger partial charge on any atom is 0.272 e. The Labute approximate surface area is 115 Å². The Morgan fingerprint density at radius 3 is 2.95 bits per heavy atom. The number of nitro groups is 1. The van der Waals surface area contributed by atoms with Crippen LogP contribution in [0.3, 0.4) is 0 Å². The molecule has 0 fully saturated rings. The Hall–Kier alpha value is -2.44. The largest absolute Gasteiger partial charge is 0.348 e. The summed E-state index contributed by atoms with van der Waals surface area (Å²) < 4.78 is 0. The van der Waals surface area contributed by atoms with Gasteiger partial charge >= 0.3 is 0 Å². The molecule has 2 aromatic rings. The number of fused-ring (bicyclic) bond motifs is 1. The van der Waals surface area contributed by atoms with Gasteiger partial charge in [-0.2, -0.15) is 5.10 Å². The summed E-state index contributed by atoms with van der Waals surface area (Å²) in [5.74, 6) is -0.322. The van der Waals surface area contributed by atoms with E-state index in [1.165, 1.54) is 12.1 Å². The number of nitrogens with zero attached hydrogens (tertiary/aromatic N) is 2. The number of non-ortho nitro benzene ring substituents is 1. The lowest BCUT2D eigenvalue weighted by Gasteiger charge is -2.11. The summed E-state index contributed by atoms with van der Waals surface area (Å²) in [7, 11) is 0. The Bertz CT molecular complexity index is 650. The van der Waals surface area contributed by atoms with Gasteiger partial charge in [0.05, 0.1) is 10.4 Å². The average Bonchev–Trinajstić information content (AvgIpc) is 2.81. The smallest absolute Gasteiger partial charge is 0.272 e. The van der Waals surface area contributed by atoms with E-state index < -0.39 is 4.92 Å². The lowest BCUT2D eigenvalue weighted by molar-refractivity contribution is -0.384. The quantitative estimate of drug-likeness (QED) is 0.646. The van der Waals surface area contributed by atoms with Crippen LogP contribution >= 0.6 is 0 Å². The molecule has 7 nitrogen and oxygen atoms in total. The van der Waals surface area contributed by atoms with E-state index in [9.17, 15) is 14.9 Å². The molecular weight excluding hydrogens is 260 g/mol. The number of amides is 1. The zero-order valence-corrected chi connectivity index (χ0v) is 11.3. The number of hydrogen-bond donors (Lipinski definition) is 2. The molecule has 2 rings (SSSR count). The molecular formula is C13H16N4O3. The van der Waals surface area contributed by atoms with E-state index in [1.807, 2.05) is 13.8 Å². The van der Waals surface area contributed by atoms with E-state index in [1.54, 1.807) is 6.07 Å². The van der Waals surface area contributed by atoms with Gasteiger partial charge in [0.25, 0.3) is 11.6 Å². The molecule has 0 spiro atoms. The molecule has 1 aromatic carbocycles. The second-order valence-electron chi connectivity index (χ2n) is 4.72. The molecule has 7 heteroatoms. The van der Waals surface area contributed by atoms with E-state index in [2.05, 4.69) is 15.5 Å². The van der Waals surface area contributed by atoms with Gasteiger partial charge < -0.3 is 5.32 Å². The minimum atomic E-state index is -0.492. The number of hydrogen-bond acceptors (Lipinski definition) is 4. The van der Waals surface area contributed by atoms with Crippen molar-refractivity contribution in [2.45, 2.75) is 32.7 Å². The maximum absolute atomic E-state index is 12.1. The normalized spacial score (nSPS) is 12.3. The Balaban J connectivity index is 2.32. The Morgan fingerprint density at radius 2 is 2.30 bits per heavy atom. The first kappa shape index (κ1) is 14.0. The molecule has 1 atom stereocenters. The average molecular weight is 276 g/mol. The lowest BCUT2D eigenvalue weighted by Crippen LogP contribution is -2.32. The van der Waals surface area contributed by atoms with Crippen molar-refractivity contribution in [3.8, 4) is 0 Å². The van der Waals surface area contributed by atoms with E-state index >= 15 is 0 Å². The summed E-state index contributed by atoms with van der Waals surface area (Å²) in [6.45, 7) is 3.95. The van der Waals surface area contributed by atoms with Gasteiger partial charge in [0, 0.05) is 23.6 Å². The zero-order chi connectivity index (χ0) is 14.7. The summed E-state index contributed by atoms with van der Waals surface area (Å²) >= 11 is 0. The van der Waals surface area contributed by atoms with Crippen molar-refractivity contribution in [3.05, 3.63) is 34.0 Å². The van der Waals surface area contributed by atoms with Gasteiger partial charge in [-0.25, -0.2) is 0 Å². The van der Waals surface area contributed by atoms with Crippen LogP contribution in [-0.4, -0.2) is 27.1 Å². The third-order valence-corrected chi connectivity index (χ3v) is 3.07. The number of carbonyl (C=O) groups excluding carboxylic acids is 1. The molecule has 0 aliphatic heterocycles. The predicted molar refractivity (Wildman–Crippen MR) is 74.6 cm³/mol. The highest BCUT2D eigenvalue weighted by Gasteiger charge is 2.18. The monoisotopic (exact) mass is 276 g/mol. The lowest BCUT2D eigenvalue weighted by atomic mass is 10.1. The standard InChI is InChI=1S/C13H16N4O3/c1-3-4-8(2)14-13(18)12-10-7-9(17(19)20)5-6-11(10)15-16-12/h5-8H,3-4H2,1-2H3,(H,14,18)(H,15,16)/t8-/m0/s1. The molecule has 0 aliphatic rings. The van der Waals surface area contributed by atoms with Crippen LogP contribution in [0.1, 0.15) is 37.2 Å². The highest BCUT2D eigenvalue weighted by molar-refractivity contribution is 6.05. The molecule has 106 valence electrons. The molecule has 1 aromatic heterocycles. The highest BCUT2D eigenvalue weighted by atomic mass is 16.6. The van der Waals surface area contributed by atoms with Crippen molar-refractivity contribution < 1.29 is 9.72 Å². The van der Waals surface area contributed by atoms with Crippen LogP contribution in [-0.2, 0) is 0 Å². The van der Waals surface area contributed by atoms with Gasteiger partial charge in [0.2, 0.25) is 0 Å². The first-order valence-corrected chi connectivity index (χ1v) is 6.46. The molecule has 0 saturated heterocycles. The van der Waals surface area contributed by atoms with E-state index in [0.29, 0.717) is 10.9 Å². The van der Waals surface area contributed by atoms with Crippen LogP contribution in [0.15, 0.2) is 18.2 Å². The second kappa shape index (κ2) is 5.68. The van der Waals surface area contributed by atoms with Crippen molar-refractivity contribution >= 4 is 22.5 Å². The van der Waals surface area contributed by atoms with E-state index in [4.69, 9.17) is 0 Å². The molecule has 2 N–H and O–H groups in total. The summed E-state index contributed by atoms with van der Waals surface area (Å²) in [4.78, 5) is 22.4. The molecule has 0 bridgehead atoms. The first-order valence-electron chi connectivity index (χ1n) is 6.46. The molecule has 20 heavy (non-hydrogen) atoms. The molecule has 0 aliphatic carbocycles. The molecule has 1 amide bonds. The number of nitro benzene ring substituents is 1. The van der Waals surface area contributed by atoms with Crippen molar-refractivity contribution in [3.63, 3.8) is 0 Å². The van der Waals surface area contributed by atoms with Crippen LogP contribution in [0.25, 0.3) is 10.9 Å². The zero-order valence-electron chi connectivity index (χ0n) is 11.3. The molecule has 0 unspecified atom stereocenters. The van der Waals surface area contributed by atoms with Gasteiger partial charge in [0.15, 0.2) is 5.69 Å². The number of nitrogens with one attached hydrogen (secondary N) is 2. The van der Waals surface area contributed by atoms with Crippen LogP contribution < -0.4 is 5.32 Å². The van der Waals surface area contributed by atoms with Gasteiger partial charge in [-0.1, -0.05) is 13.3 Å². The van der Waals surface area contributed by atoms with Gasteiger partial charge in [-0.3, -0.25) is 20.0 Å². The minimum absolute atomic E-state index is 0.0398. The second-order valence-corrected chi connectivity index (χ2v) is 4.72. The van der Waals surface area contributed by atoms with Crippen molar-refractivity contribution in [2.24, 2.45) is 0 Å². The number of carbonyl (C=O) groups is 1. The summed E-state index contributed by atoms with van der Waals surface area (Å²) in [5.41, 5.74) is 0.727. The van der Waals surface area contributed by atoms with Gasteiger partial charge in [-0.15, -0.1) is 0 Å². The van der Waals surface area contributed by atoms with E-state index in [0.717, 1.165) is 12.8 Å². The summed E-state index contributed by atoms with van der Waals surface area (Å²) in [5, 5.41) is 20.7. The van der Waals surface area contributed by atoms with Gasteiger partial charge in [-0.05, 0) is 19.4 Å². The number of benzene rings is 1. The van der Waals surface area contributed by atoms with Gasteiger partial charge in [0.1, 0.15) is 0 Å². The molecule has 1 heterocycles. The van der Waals surface area contributed by atoms with Crippen molar-refractivity contribution in [1.82, 2.24) is 15.5 Å². The SMILES string of the molecule is CCC[C@H](C)NC(=O)c1n[nH]c2ccc([N+](=O)[O-])cc12. The fourth-order valence-corrected chi connectivity index (χ4v) is 2.09. The van der Waals surface area contributed by atoms with Crippen LogP contribution in [0.5, 0.6) is 0 Å². The summed E-state index contributed by atoms with van der Waals surface area (Å²) in [6, 6.07) is 4.32. The number of rotatable bonds is 5.